The van der Waals surface area contributed by atoms with Crippen LogP contribution in [0.3, 0.4) is 0 Å². The fourth-order valence-corrected chi connectivity index (χ4v) is 5.72. The molecule has 1 atom stereocenters. The van der Waals surface area contributed by atoms with E-state index >= 15 is 0 Å². The number of carbonyl (C=O) groups is 2. The first-order chi connectivity index (χ1) is 22.7. The molecule has 0 bridgehead atoms. The number of ether oxygens (including phenoxy) is 3. The van der Waals surface area contributed by atoms with E-state index in [0.29, 0.717) is 37.5 Å². The molecule has 0 aliphatic heterocycles. The van der Waals surface area contributed by atoms with Crippen LogP contribution in [0, 0.1) is 5.82 Å². The van der Waals surface area contributed by atoms with Crippen LogP contribution in [0.1, 0.15) is 30.5 Å². The van der Waals surface area contributed by atoms with Crippen LogP contribution in [0.5, 0.6) is 11.5 Å². The summed E-state index contributed by atoms with van der Waals surface area (Å²) in [6.07, 6.45) is 0.613. The predicted molar refractivity (Wildman–Crippen MR) is 176 cm³/mol. The topological polar surface area (TPSA) is 123 Å². The van der Waals surface area contributed by atoms with Crippen molar-refractivity contribution in [3.8, 4) is 11.5 Å². The molecule has 0 aromatic heterocycles. The zero-order valence-electron chi connectivity index (χ0n) is 26.2. The van der Waals surface area contributed by atoms with Crippen molar-refractivity contribution in [3.63, 3.8) is 0 Å². The standard InChI is InChI=1S/C35H38FN3O7S/c1-3-45-23-7-22-37-35(41)34(27-8-5-4-6-9-27)39(24-26-10-16-30(44-2)17-11-26)33(40)25-46-31-18-20-32(21-19-31)47(42,43)38-29-14-12-28(36)13-15-29/h4-6,8-21,34,38H,3,7,22-25H2,1-2H3,(H,37,41). The Morgan fingerprint density at radius 2 is 1.53 bits per heavy atom. The van der Waals surface area contributed by atoms with Crippen molar-refractivity contribution in [2.24, 2.45) is 0 Å². The minimum atomic E-state index is -3.96. The molecule has 0 spiro atoms. The highest BCUT2D eigenvalue weighted by molar-refractivity contribution is 7.92. The Labute approximate surface area is 274 Å². The summed E-state index contributed by atoms with van der Waals surface area (Å²) in [7, 11) is -2.39. The maximum absolute atomic E-state index is 13.9. The summed E-state index contributed by atoms with van der Waals surface area (Å²) in [6.45, 7) is 3.03. The van der Waals surface area contributed by atoms with Gasteiger partial charge in [0.25, 0.3) is 15.9 Å². The molecule has 10 nitrogen and oxygen atoms in total. The molecule has 4 aromatic carbocycles. The lowest BCUT2D eigenvalue weighted by Gasteiger charge is -2.31. The highest BCUT2D eigenvalue weighted by Gasteiger charge is 2.32. The number of nitrogens with one attached hydrogen (secondary N) is 2. The Morgan fingerprint density at radius 1 is 0.872 bits per heavy atom. The van der Waals surface area contributed by atoms with Gasteiger partial charge in [-0.3, -0.25) is 14.3 Å². The van der Waals surface area contributed by atoms with Crippen molar-refractivity contribution < 1.29 is 36.6 Å². The van der Waals surface area contributed by atoms with Crippen LogP contribution in [0.4, 0.5) is 10.1 Å². The van der Waals surface area contributed by atoms with E-state index in [4.69, 9.17) is 14.2 Å². The van der Waals surface area contributed by atoms with Crippen LogP contribution in [0.25, 0.3) is 0 Å². The second-order valence-corrected chi connectivity index (χ2v) is 12.1. The summed E-state index contributed by atoms with van der Waals surface area (Å²) in [5.74, 6) is -0.397. The number of sulfonamides is 1. The first-order valence-electron chi connectivity index (χ1n) is 15.0. The van der Waals surface area contributed by atoms with E-state index in [1.807, 2.05) is 25.1 Å². The number of amides is 2. The minimum absolute atomic E-state index is 0.0493. The van der Waals surface area contributed by atoms with Crippen molar-refractivity contribution >= 4 is 27.5 Å². The summed E-state index contributed by atoms with van der Waals surface area (Å²) in [5, 5.41) is 2.94. The Morgan fingerprint density at radius 3 is 2.17 bits per heavy atom. The lowest BCUT2D eigenvalue weighted by molar-refractivity contribution is -0.143. The Hall–Kier alpha value is -4.94. The van der Waals surface area contributed by atoms with E-state index in [-0.39, 0.29) is 28.8 Å². The van der Waals surface area contributed by atoms with Gasteiger partial charge in [0.05, 0.1) is 12.0 Å². The van der Waals surface area contributed by atoms with Crippen LogP contribution in [0.2, 0.25) is 0 Å². The number of hydrogen-bond donors (Lipinski definition) is 2. The van der Waals surface area contributed by atoms with Crippen LogP contribution in [-0.2, 0) is 30.9 Å². The van der Waals surface area contributed by atoms with Gasteiger partial charge in [-0.2, -0.15) is 0 Å². The Kier molecular flexibility index (Phi) is 12.7. The molecule has 4 rings (SSSR count). The van der Waals surface area contributed by atoms with E-state index in [2.05, 4.69) is 10.0 Å². The third kappa shape index (κ3) is 10.3. The molecule has 4 aromatic rings. The molecule has 0 aliphatic rings. The number of anilines is 1. The number of halogens is 1. The number of nitrogens with zero attached hydrogens (tertiary/aromatic N) is 1. The Bertz CT molecular complexity index is 1690. The van der Waals surface area contributed by atoms with Crippen molar-refractivity contribution in [2.45, 2.75) is 30.8 Å². The lowest BCUT2D eigenvalue weighted by Crippen LogP contribution is -2.45. The summed E-state index contributed by atoms with van der Waals surface area (Å²) in [6, 6.07) is 25.7. The van der Waals surface area contributed by atoms with Crippen LogP contribution >= 0.6 is 0 Å². The van der Waals surface area contributed by atoms with E-state index in [1.165, 1.54) is 41.3 Å². The number of methoxy groups -OCH3 is 1. The fourth-order valence-electron chi connectivity index (χ4n) is 4.66. The van der Waals surface area contributed by atoms with Gasteiger partial charge in [-0.05, 0) is 85.1 Å². The minimum Gasteiger partial charge on any atom is -0.497 e. The quantitative estimate of drug-likeness (QED) is 0.147. The number of hydrogen-bond acceptors (Lipinski definition) is 7. The zero-order valence-corrected chi connectivity index (χ0v) is 27.0. The van der Waals surface area contributed by atoms with Gasteiger partial charge >= 0.3 is 0 Å². The molecule has 2 N–H and O–H groups in total. The molecule has 248 valence electrons. The summed E-state index contributed by atoms with van der Waals surface area (Å²) in [4.78, 5) is 29.0. The SMILES string of the molecule is CCOCCCNC(=O)C(c1ccccc1)N(Cc1ccc(OC)cc1)C(=O)COc1ccc(S(=O)(=O)Nc2ccc(F)cc2)cc1. The van der Waals surface area contributed by atoms with Gasteiger partial charge in [-0.1, -0.05) is 42.5 Å². The molecule has 47 heavy (non-hydrogen) atoms. The molecule has 0 saturated carbocycles. The second kappa shape index (κ2) is 17.1. The van der Waals surface area contributed by atoms with E-state index < -0.39 is 34.4 Å². The van der Waals surface area contributed by atoms with Gasteiger partial charge in [0.15, 0.2) is 6.61 Å². The van der Waals surface area contributed by atoms with Crippen molar-refractivity contribution in [1.29, 1.82) is 0 Å². The third-order valence-corrected chi connectivity index (χ3v) is 8.47. The second-order valence-electron chi connectivity index (χ2n) is 10.4. The molecule has 0 aliphatic carbocycles. The maximum atomic E-state index is 13.9. The molecule has 0 radical (unpaired) electrons. The highest BCUT2D eigenvalue weighted by Crippen LogP contribution is 2.26. The number of benzene rings is 4. The van der Waals surface area contributed by atoms with Crippen molar-refractivity contribution in [1.82, 2.24) is 10.2 Å². The summed E-state index contributed by atoms with van der Waals surface area (Å²) in [5.41, 5.74) is 1.60. The lowest BCUT2D eigenvalue weighted by atomic mass is 10.0. The molecule has 2 amide bonds. The monoisotopic (exact) mass is 663 g/mol. The van der Waals surface area contributed by atoms with Gasteiger partial charge < -0.3 is 24.4 Å². The summed E-state index contributed by atoms with van der Waals surface area (Å²) >= 11 is 0. The average Bonchev–Trinajstić information content (AvgIpc) is 3.08. The largest absolute Gasteiger partial charge is 0.497 e. The van der Waals surface area contributed by atoms with E-state index in [9.17, 15) is 22.4 Å². The highest BCUT2D eigenvalue weighted by atomic mass is 32.2. The molecule has 0 saturated heterocycles. The van der Waals surface area contributed by atoms with Gasteiger partial charge in [0.1, 0.15) is 23.4 Å². The molecule has 12 heteroatoms. The number of carbonyl (C=O) groups excluding carboxylic acids is 2. The fraction of sp³-hybridized carbons (Fsp3) is 0.257. The van der Waals surface area contributed by atoms with Gasteiger partial charge in [-0.15, -0.1) is 0 Å². The molecule has 1 unspecified atom stereocenters. The van der Waals surface area contributed by atoms with E-state index in [0.717, 1.165) is 17.7 Å². The maximum Gasteiger partial charge on any atom is 0.261 e. The normalized spacial score (nSPS) is 11.7. The first kappa shape index (κ1) is 34.9. The number of rotatable bonds is 17. The van der Waals surface area contributed by atoms with Crippen molar-refractivity contribution in [2.75, 3.05) is 38.2 Å². The molecular weight excluding hydrogens is 625 g/mol. The predicted octanol–water partition coefficient (Wildman–Crippen LogP) is 5.33. The Balaban J connectivity index is 1.53. The first-order valence-corrected chi connectivity index (χ1v) is 16.5. The average molecular weight is 664 g/mol. The molecular formula is C35H38FN3O7S. The third-order valence-electron chi connectivity index (χ3n) is 7.07. The van der Waals surface area contributed by atoms with Gasteiger partial charge in [-0.25, -0.2) is 12.8 Å². The van der Waals surface area contributed by atoms with E-state index in [1.54, 1.807) is 43.5 Å². The van der Waals surface area contributed by atoms with Crippen LogP contribution in [0.15, 0.2) is 108 Å². The summed E-state index contributed by atoms with van der Waals surface area (Å²) < 4.78 is 57.7. The molecule has 0 fully saturated rings. The zero-order chi connectivity index (χ0) is 33.6. The van der Waals surface area contributed by atoms with Crippen LogP contribution < -0.4 is 19.5 Å². The molecule has 0 heterocycles. The van der Waals surface area contributed by atoms with Gasteiger partial charge in [0, 0.05) is 32.0 Å². The van der Waals surface area contributed by atoms with Crippen LogP contribution in [-0.4, -0.2) is 58.6 Å². The van der Waals surface area contributed by atoms with Gasteiger partial charge in [0.2, 0.25) is 5.91 Å². The van der Waals surface area contributed by atoms with Crippen molar-refractivity contribution in [3.05, 3.63) is 120 Å². The smallest absolute Gasteiger partial charge is 0.261 e.